The zero-order chi connectivity index (χ0) is 13.5. The molecule has 18 heavy (non-hydrogen) atoms. The molecule has 106 valence electrons. The number of hydrogen-bond acceptors (Lipinski definition) is 3. The van der Waals surface area contributed by atoms with Gasteiger partial charge in [0.2, 0.25) is 5.91 Å². The van der Waals surface area contributed by atoms with E-state index in [4.69, 9.17) is 4.74 Å². The summed E-state index contributed by atoms with van der Waals surface area (Å²) in [5, 5.41) is 3.01. The van der Waals surface area contributed by atoms with E-state index >= 15 is 0 Å². The monoisotopic (exact) mass is 256 g/mol. The summed E-state index contributed by atoms with van der Waals surface area (Å²) in [6.45, 7) is 2.50. The molecule has 1 saturated carbocycles. The maximum absolute atomic E-state index is 11.7. The Kier molecular flexibility index (Phi) is 6.65. The fraction of sp³-hybridized carbons (Fsp3) is 0.929. The van der Waals surface area contributed by atoms with E-state index in [1.54, 1.807) is 14.0 Å². The zero-order valence-corrected chi connectivity index (χ0v) is 12.2. The van der Waals surface area contributed by atoms with Crippen LogP contribution >= 0.6 is 0 Å². The van der Waals surface area contributed by atoms with Gasteiger partial charge >= 0.3 is 0 Å². The molecule has 0 aromatic heterocycles. The second-order valence-corrected chi connectivity index (χ2v) is 5.55. The summed E-state index contributed by atoms with van der Waals surface area (Å²) in [6.07, 6.45) is 6.24. The van der Waals surface area contributed by atoms with Gasteiger partial charge in [-0.1, -0.05) is 19.3 Å². The van der Waals surface area contributed by atoms with Crippen LogP contribution in [0.5, 0.6) is 0 Å². The molecule has 0 spiro atoms. The van der Waals surface area contributed by atoms with Crippen LogP contribution in [-0.2, 0) is 9.53 Å². The minimum absolute atomic E-state index is 0.0137. The van der Waals surface area contributed by atoms with Crippen LogP contribution in [-0.4, -0.2) is 50.7 Å². The number of nitrogens with zero attached hydrogens (tertiary/aromatic N) is 1. The molecule has 1 N–H and O–H groups in total. The number of carbonyl (C=O) groups excluding carboxylic acids is 1. The zero-order valence-electron chi connectivity index (χ0n) is 12.2. The molecule has 0 aromatic carbocycles. The normalized spacial score (nSPS) is 20.7. The third-order valence-corrected chi connectivity index (χ3v) is 4.07. The van der Waals surface area contributed by atoms with Gasteiger partial charge in [-0.25, -0.2) is 0 Å². The molecule has 0 radical (unpaired) electrons. The van der Waals surface area contributed by atoms with E-state index in [9.17, 15) is 4.79 Å². The Hall–Kier alpha value is -0.610. The number of carbonyl (C=O) groups is 1. The quantitative estimate of drug-likeness (QED) is 0.785. The average molecular weight is 256 g/mol. The summed E-state index contributed by atoms with van der Waals surface area (Å²) >= 11 is 0. The van der Waals surface area contributed by atoms with Crippen LogP contribution in [0, 0.1) is 5.92 Å². The maximum atomic E-state index is 11.7. The van der Waals surface area contributed by atoms with Gasteiger partial charge in [0, 0.05) is 19.7 Å². The number of nitrogens with one attached hydrogen (secondary N) is 1. The highest BCUT2D eigenvalue weighted by Crippen LogP contribution is 2.28. The van der Waals surface area contributed by atoms with Gasteiger partial charge in [0.15, 0.2) is 0 Å². The van der Waals surface area contributed by atoms with Crippen molar-refractivity contribution in [1.82, 2.24) is 10.2 Å². The molecular formula is C14H28N2O2. The van der Waals surface area contributed by atoms with Crippen molar-refractivity contribution < 1.29 is 9.53 Å². The molecule has 1 rings (SSSR count). The molecule has 4 heteroatoms. The summed E-state index contributed by atoms with van der Waals surface area (Å²) in [5.41, 5.74) is 0. The highest BCUT2D eigenvalue weighted by atomic mass is 16.5. The molecule has 0 aliphatic heterocycles. The minimum Gasteiger partial charge on any atom is -0.372 e. The van der Waals surface area contributed by atoms with Crippen LogP contribution in [0.4, 0.5) is 0 Å². The van der Waals surface area contributed by atoms with Gasteiger partial charge in [0.1, 0.15) is 6.10 Å². The number of amides is 1. The standard InChI is InChI=1S/C14H28N2O2/c1-11(18-4)14(17)15-10-13(16(2)3)12-8-6-5-7-9-12/h11-13H,5-10H2,1-4H3,(H,15,17)/t11-,13-/m1/s1. The lowest BCUT2D eigenvalue weighted by atomic mass is 9.83. The van der Waals surface area contributed by atoms with Gasteiger partial charge in [-0.3, -0.25) is 4.79 Å². The van der Waals surface area contributed by atoms with Gasteiger partial charge < -0.3 is 15.0 Å². The van der Waals surface area contributed by atoms with Crippen LogP contribution in [0.3, 0.4) is 0 Å². The van der Waals surface area contributed by atoms with Crippen molar-refractivity contribution in [3.8, 4) is 0 Å². The molecule has 0 unspecified atom stereocenters. The summed E-state index contributed by atoms with van der Waals surface area (Å²) in [5.74, 6) is 0.701. The summed E-state index contributed by atoms with van der Waals surface area (Å²) in [6, 6.07) is 0.443. The third kappa shape index (κ3) is 4.58. The smallest absolute Gasteiger partial charge is 0.248 e. The van der Waals surface area contributed by atoms with E-state index in [-0.39, 0.29) is 12.0 Å². The second kappa shape index (κ2) is 7.74. The van der Waals surface area contributed by atoms with Gasteiger partial charge in [-0.15, -0.1) is 0 Å². The molecule has 2 atom stereocenters. The second-order valence-electron chi connectivity index (χ2n) is 5.55. The van der Waals surface area contributed by atoms with Gasteiger partial charge in [0.25, 0.3) is 0 Å². The largest absolute Gasteiger partial charge is 0.372 e. The van der Waals surface area contributed by atoms with Crippen LogP contribution in [0.25, 0.3) is 0 Å². The van der Waals surface area contributed by atoms with E-state index in [0.29, 0.717) is 12.0 Å². The first-order valence-electron chi connectivity index (χ1n) is 7.03. The van der Waals surface area contributed by atoms with Crippen molar-refractivity contribution in [3.05, 3.63) is 0 Å². The van der Waals surface area contributed by atoms with Crippen LogP contribution in [0.2, 0.25) is 0 Å². The molecule has 0 bridgehead atoms. The van der Waals surface area contributed by atoms with Crippen molar-refractivity contribution in [3.63, 3.8) is 0 Å². The molecule has 1 amide bonds. The Labute approximate surface area is 111 Å². The molecule has 0 saturated heterocycles. The lowest BCUT2D eigenvalue weighted by Crippen LogP contribution is -2.47. The summed E-state index contributed by atoms with van der Waals surface area (Å²) < 4.78 is 5.02. The van der Waals surface area contributed by atoms with E-state index in [0.717, 1.165) is 6.54 Å². The van der Waals surface area contributed by atoms with Crippen molar-refractivity contribution >= 4 is 5.91 Å². The molecule has 0 heterocycles. The Morgan fingerprint density at radius 2 is 1.94 bits per heavy atom. The van der Waals surface area contributed by atoms with E-state index < -0.39 is 0 Å². The first-order chi connectivity index (χ1) is 8.56. The molecule has 0 aromatic rings. The van der Waals surface area contributed by atoms with E-state index in [2.05, 4.69) is 24.3 Å². The highest BCUT2D eigenvalue weighted by molar-refractivity contribution is 5.80. The number of hydrogen-bond donors (Lipinski definition) is 1. The predicted molar refractivity (Wildman–Crippen MR) is 73.5 cm³/mol. The van der Waals surface area contributed by atoms with Gasteiger partial charge in [-0.05, 0) is 39.8 Å². The van der Waals surface area contributed by atoms with E-state index in [1.165, 1.54) is 32.1 Å². The lowest BCUT2D eigenvalue weighted by molar-refractivity contribution is -0.130. The van der Waals surface area contributed by atoms with Crippen molar-refractivity contribution in [2.24, 2.45) is 5.92 Å². The number of methoxy groups -OCH3 is 1. The SMILES string of the molecule is CO[C@H](C)C(=O)NC[C@H](C1CCCCC1)N(C)C. The summed E-state index contributed by atoms with van der Waals surface area (Å²) in [4.78, 5) is 14.0. The fourth-order valence-corrected chi connectivity index (χ4v) is 2.75. The molecule has 1 aliphatic carbocycles. The highest BCUT2D eigenvalue weighted by Gasteiger charge is 2.26. The number of ether oxygens (including phenoxy) is 1. The van der Waals surface area contributed by atoms with Crippen molar-refractivity contribution in [2.75, 3.05) is 27.7 Å². The van der Waals surface area contributed by atoms with Crippen LogP contribution in [0.15, 0.2) is 0 Å². The Morgan fingerprint density at radius 1 is 1.33 bits per heavy atom. The van der Waals surface area contributed by atoms with Crippen molar-refractivity contribution in [1.29, 1.82) is 0 Å². The minimum atomic E-state index is -0.362. The Morgan fingerprint density at radius 3 is 2.44 bits per heavy atom. The van der Waals surface area contributed by atoms with Gasteiger partial charge in [-0.2, -0.15) is 0 Å². The molecule has 1 fully saturated rings. The van der Waals surface area contributed by atoms with Crippen LogP contribution in [0.1, 0.15) is 39.0 Å². The molecule has 1 aliphatic rings. The average Bonchev–Trinajstić information content (AvgIpc) is 2.38. The first kappa shape index (κ1) is 15.4. The lowest BCUT2D eigenvalue weighted by Gasteiger charge is -2.35. The topological polar surface area (TPSA) is 41.6 Å². The van der Waals surface area contributed by atoms with Gasteiger partial charge in [0.05, 0.1) is 0 Å². The molecule has 4 nitrogen and oxygen atoms in total. The number of rotatable bonds is 6. The number of likely N-dealkylation sites (N-methyl/N-ethyl adjacent to an activating group) is 1. The predicted octanol–water partition coefficient (Wildman–Crippen LogP) is 1.65. The fourth-order valence-electron chi connectivity index (χ4n) is 2.75. The summed E-state index contributed by atoms with van der Waals surface area (Å²) in [7, 11) is 5.77. The third-order valence-electron chi connectivity index (χ3n) is 4.07. The first-order valence-corrected chi connectivity index (χ1v) is 7.03. The Bertz CT molecular complexity index is 250. The Balaban J connectivity index is 2.45. The van der Waals surface area contributed by atoms with Crippen molar-refractivity contribution in [2.45, 2.75) is 51.2 Å². The maximum Gasteiger partial charge on any atom is 0.248 e. The van der Waals surface area contributed by atoms with Crippen LogP contribution < -0.4 is 5.32 Å². The van der Waals surface area contributed by atoms with E-state index in [1.807, 2.05) is 0 Å². The molecular weight excluding hydrogens is 228 g/mol.